The second-order valence-electron chi connectivity index (χ2n) is 9.17. The zero-order chi connectivity index (χ0) is 20.0. The van der Waals surface area contributed by atoms with Crippen molar-refractivity contribution in [2.75, 3.05) is 53.5 Å². The molecule has 0 N–H and O–H groups in total. The summed E-state index contributed by atoms with van der Waals surface area (Å²) in [5.41, 5.74) is 0.0107. The molecule has 0 radical (unpaired) electrons. The molecular formula is C24H42N2O2. The van der Waals surface area contributed by atoms with Crippen molar-refractivity contribution in [3.8, 4) is 0 Å². The van der Waals surface area contributed by atoms with Crippen LogP contribution in [0.2, 0.25) is 0 Å². The third-order valence-corrected chi connectivity index (χ3v) is 7.13. The molecule has 0 aromatic heterocycles. The smallest absolute Gasteiger partial charge is 0.106 e. The average Bonchev–Trinajstić information content (AvgIpc) is 3.34. The molecule has 1 spiro atoms. The van der Waals surface area contributed by atoms with Gasteiger partial charge in [0.1, 0.15) is 11.5 Å². The van der Waals surface area contributed by atoms with E-state index in [9.17, 15) is 0 Å². The van der Waals surface area contributed by atoms with Gasteiger partial charge in [-0.15, -0.1) is 0 Å². The average molecular weight is 391 g/mol. The molecule has 2 fully saturated rings. The SMILES string of the molecule is CCCC1(CCC)C(OC)=CC2(C=C1OC)CCN(CCCN1CCCC1)C2. The van der Waals surface area contributed by atoms with Crippen LogP contribution in [0.3, 0.4) is 0 Å². The number of hydrogen-bond acceptors (Lipinski definition) is 4. The summed E-state index contributed by atoms with van der Waals surface area (Å²) in [6.07, 6.45) is 14.6. The van der Waals surface area contributed by atoms with Crippen molar-refractivity contribution in [1.29, 1.82) is 0 Å². The van der Waals surface area contributed by atoms with Crippen molar-refractivity contribution in [3.05, 3.63) is 23.7 Å². The topological polar surface area (TPSA) is 24.9 Å². The van der Waals surface area contributed by atoms with E-state index < -0.39 is 0 Å². The fourth-order valence-corrected chi connectivity index (χ4v) is 5.83. The van der Waals surface area contributed by atoms with E-state index in [1.807, 2.05) is 14.2 Å². The van der Waals surface area contributed by atoms with E-state index in [0.29, 0.717) is 0 Å². The Morgan fingerprint density at radius 1 is 0.857 bits per heavy atom. The quantitative estimate of drug-likeness (QED) is 0.534. The first kappa shape index (κ1) is 21.7. The summed E-state index contributed by atoms with van der Waals surface area (Å²) >= 11 is 0. The fraction of sp³-hybridized carbons (Fsp3) is 0.833. The van der Waals surface area contributed by atoms with Crippen molar-refractivity contribution in [3.63, 3.8) is 0 Å². The van der Waals surface area contributed by atoms with Gasteiger partial charge in [0.15, 0.2) is 0 Å². The maximum absolute atomic E-state index is 6.03. The first-order valence-electron chi connectivity index (χ1n) is 11.6. The zero-order valence-corrected chi connectivity index (χ0v) is 18.8. The zero-order valence-electron chi connectivity index (χ0n) is 18.8. The summed E-state index contributed by atoms with van der Waals surface area (Å²) in [4.78, 5) is 5.28. The summed E-state index contributed by atoms with van der Waals surface area (Å²) in [6, 6.07) is 0. The first-order valence-corrected chi connectivity index (χ1v) is 11.6. The molecule has 0 saturated carbocycles. The predicted octanol–water partition coefficient (Wildman–Crippen LogP) is 4.83. The Hall–Kier alpha value is -1.00. The van der Waals surface area contributed by atoms with Crippen LogP contribution in [0.5, 0.6) is 0 Å². The molecule has 0 aromatic carbocycles. The lowest BCUT2D eigenvalue weighted by Gasteiger charge is -2.42. The Kier molecular flexibility index (Phi) is 7.49. The van der Waals surface area contributed by atoms with Gasteiger partial charge in [0.2, 0.25) is 0 Å². The summed E-state index contributed by atoms with van der Waals surface area (Å²) in [7, 11) is 3.70. The lowest BCUT2D eigenvalue weighted by Crippen LogP contribution is -2.36. The Balaban J connectivity index is 1.70. The van der Waals surface area contributed by atoms with Gasteiger partial charge in [-0.05, 0) is 83.4 Å². The van der Waals surface area contributed by atoms with E-state index in [-0.39, 0.29) is 10.8 Å². The van der Waals surface area contributed by atoms with Crippen molar-refractivity contribution >= 4 is 0 Å². The van der Waals surface area contributed by atoms with E-state index in [2.05, 4.69) is 35.8 Å². The monoisotopic (exact) mass is 390 g/mol. The molecule has 0 bridgehead atoms. The molecule has 160 valence electrons. The fourth-order valence-electron chi connectivity index (χ4n) is 5.83. The molecule has 0 amide bonds. The predicted molar refractivity (Wildman–Crippen MR) is 116 cm³/mol. The number of likely N-dealkylation sites (tertiary alicyclic amines) is 2. The highest BCUT2D eigenvalue weighted by Crippen LogP contribution is 2.53. The van der Waals surface area contributed by atoms with Crippen molar-refractivity contribution in [2.24, 2.45) is 10.8 Å². The van der Waals surface area contributed by atoms with E-state index in [1.165, 1.54) is 58.4 Å². The van der Waals surface area contributed by atoms with E-state index >= 15 is 0 Å². The molecule has 3 rings (SSSR count). The van der Waals surface area contributed by atoms with Gasteiger partial charge in [0, 0.05) is 12.0 Å². The summed E-state index contributed by atoms with van der Waals surface area (Å²) in [5.74, 6) is 2.30. The van der Waals surface area contributed by atoms with Crippen molar-refractivity contribution < 1.29 is 9.47 Å². The van der Waals surface area contributed by atoms with Crippen LogP contribution in [0.15, 0.2) is 23.7 Å². The lowest BCUT2D eigenvalue weighted by molar-refractivity contribution is 0.0936. The van der Waals surface area contributed by atoms with E-state index in [0.717, 1.165) is 43.7 Å². The highest BCUT2D eigenvalue weighted by molar-refractivity contribution is 5.35. The number of rotatable bonds is 10. The maximum Gasteiger partial charge on any atom is 0.106 e. The van der Waals surface area contributed by atoms with Gasteiger partial charge in [0.25, 0.3) is 0 Å². The Labute approximate surface area is 172 Å². The molecule has 0 aromatic rings. The van der Waals surface area contributed by atoms with Crippen molar-refractivity contribution in [1.82, 2.24) is 9.80 Å². The largest absolute Gasteiger partial charge is 0.500 e. The Morgan fingerprint density at radius 2 is 1.43 bits per heavy atom. The minimum absolute atomic E-state index is 0.0680. The highest BCUT2D eigenvalue weighted by atomic mass is 16.5. The molecule has 4 nitrogen and oxygen atoms in total. The second-order valence-corrected chi connectivity index (χ2v) is 9.17. The summed E-state index contributed by atoms with van der Waals surface area (Å²) in [6.45, 7) is 11.9. The normalized spacial score (nSPS) is 24.4. The second kappa shape index (κ2) is 9.67. The number of hydrogen-bond donors (Lipinski definition) is 0. The molecule has 0 atom stereocenters. The standard InChI is InChI=1S/C24H42N2O2/c1-5-10-24(11-6-2)21(27-3)18-23(19-22(24)28-4)12-17-26(20-23)16-9-15-25-13-7-8-14-25/h18-19H,5-17,20H2,1-4H3. The molecule has 2 heterocycles. The lowest BCUT2D eigenvalue weighted by atomic mass is 9.67. The number of methoxy groups -OCH3 is 2. The van der Waals surface area contributed by atoms with Crippen LogP contribution in [0.1, 0.15) is 65.2 Å². The molecule has 4 heteroatoms. The van der Waals surface area contributed by atoms with Crippen LogP contribution < -0.4 is 0 Å². The van der Waals surface area contributed by atoms with Gasteiger partial charge in [-0.3, -0.25) is 0 Å². The number of nitrogens with zero attached hydrogens (tertiary/aromatic N) is 2. The molecular weight excluding hydrogens is 348 g/mol. The van der Waals surface area contributed by atoms with Gasteiger partial charge in [-0.2, -0.15) is 0 Å². The maximum atomic E-state index is 6.03. The van der Waals surface area contributed by atoms with Crippen LogP contribution in [0.25, 0.3) is 0 Å². The highest BCUT2D eigenvalue weighted by Gasteiger charge is 2.48. The van der Waals surface area contributed by atoms with Crippen LogP contribution >= 0.6 is 0 Å². The van der Waals surface area contributed by atoms with Crippen LogP contribution in [0.4, 0.5) is 0 Å². The van der Waals surface area contributed by atoms with E-state index in [4.69, 9.17) is 9.47 Å². The van der Waals surface area contributed by atoms with Gasteiger partial charge < -0.3 is 19.3 Å². The van der Waals surface area contributed by atoms with Crippen LogP contribution in [-0.4, -0.2) is 63.3 Å². The molecule has 28 heavy (non-hydrogen) atoms. The van der Waals surface area contributed by atoms with Gasteiger partial charge in [-0.1, -0.05) is 26.7 Å². The third kappa shape index (κ3) is 4.43. The molecule has 2 aliphatic heterocycles. The van der Waals surface area contributed by atoms with Gasteiger partial charge >= 0.3 is 0 Å². The van der Waals surface area contributed by atoms with Gasteiger partial charge in [0.05, 0.1) is 19.6 Å². The van der Waals surface area contributed by atoms with Crippen LogP contribution in [-0.2, 0) is 9.47 Å². The van der Waals surface area contributed by atoms with E-state index in [1.54, 1.807) is 0 Å². The summed E-state index contributed by atoms with van der Waals surface area (Å²) < 4.78 is 12.1. The molecule has 2 saturated heterocycles. The minimum Gasteiger partial charge on any atom is -0.500 e. The molecule has 0 unspecified atom stereocenters. The van der Waals surface area contributed by atoms with Crippen LogP contribution in [0, 0.1) is 10.8 Å². The molecule has 3 aliphatic rings. The van der Waals surface area contributed by atoms with Crippen molar-refractivity contribution in [2.45, 2.75) is 65.2 Å². The minimum atomic E-state index is -0.0680. The third-order valence-electron chi connectivity index (χ3n) is 7.13. The van der Waals surface area contributed by atoms with Gasteiger partial charge in [-0.25, -0.2) is 0 Å². The Morgan fingerprint density at radius 3 is 1.96 bits per heavy atom. The summed E-state index contributed by atoms with van der Waals surface area (Å²) in [5, 5.41) is 0. The first-order chi connectivity index (χ1) is 13.6. The molecule has 1 aliphatic carbocycles. The number of ether oxygens (including phenoxy) is 2. The Bertz CT molecular complexity index is 533.